The number of amides is 1. The van der Waals surface area contributed by atoms with Crippen molar-refractivity contribution in [1.29, 1.82) is 0 Å². The van der Waals surface area contributed by atoms with Crippen LogP contribution in [0.3, 0.4) is 0 Å². The van der Waals surface area contributed by atoms with E-state index in [9.17, 15) is 4.79 Å². The van der Waals surface area contributed by atoms with Crippen molar-refractivity contribution < 1.29 is 9.53 Å². The van der Waals surface area contributed by atoms with Gasteiger partial charge < -0.3 is 9.30 Å². The number of ether oxygens (including phenoxy) is 1. The van der Waals surface area contributed by atoms with Gasteiger partial charge in [-0.15, -0.1) is 0 Å². The Morgan fingerprint density at radius 1 is 1.25 bits per heavy atom. The molecule has 3 rings (SSSR count). The number of aryl methyl sites for hydroxylation is 2. The summed E-state index contributed by atoms with van der Waals surface area (Å²) in [6.07, 6.45) is 0.976. The lowest BCUT2D eigenvalue weighted by Gasteiger charge is -2.04. The molecule has 1 heterocycles. The lowest BCUT2D eigenvalue weighted by atomic mass is 10.1. The second kappa shape index (κ2) is 7.01. The number of hydrogen-bond acceptors (Lipinski definition) is 3. The number of nitrogens with zero attached hydrogens (tertiary/aromatic N) is 2. The molecule has 0 aliphatic rings. The van der Waals surface area contributed by atoms with Crippen molar-refractivity contribution in [3.05, 3.63) is 58.4 Å². The zero-order valence-corrected chi connectivity index (χ0v) is 14.9. The van der Waals surface area contributed by atoms with E-state index in [1.807, 2.05) is 49.4 Å². The van der Waals surface area contributed by atoms with Crippen molar-refractivity contribution in [3.8, 4) is 5.75 Å². The molecular weight excluding hydrogens is 320 g/mol. The minimum Gasteiger partial charge on any atom is -0.497 e. The predicted octanol–water partition coefficient (Wildman–Crippen LogP) is 4.17. The average Bonchev–Trinajstić information content (AvgIpc) is 2.92. The first-order chi connectivity index (χ1) is 11.6. The van der Waals surface area contributed by atoms with E-state index in [1.54, 1.807) is 7.11 Å². The first-order valence-electron chi connectivity index (χ1n) is 7.96. The number of methoxy groups -OCH3 is 1. The van der Waals surface area contributed by atoms with E-state index in [2.05, 4.69) is 16.5 Å². The molecule has 24 heavy (non-hydrogen) atoms. The fourth-order valence-electron chi connectivity index (χ4n) is 2.67. The van der Waals surface area contributed by atoms with E-state index in [0.29, 0.717) is 5.56 Å². The summed E-state index contributed by atoms with van der Waals surface area (Å²) >= 11 is 1.52. The summed E-state index contributed by atoms with van der Waals surface area (Å²) in [6, 6.07) is 13.5. The van der Waals surface area contributed by atoms with Crippen molar-refractivity contribution in [2.75, 3.05) is 7.11 Å². The first-order valence-corrected chi connectivity index (χ1v) is 8.77. The number of benzene rings is 2. The van der Waals surface area contributed by atoms with Gasteiger partial charge in [0.05, 0.1) is 17.3 Å². The maximum Gasteiger partial charge on any atom is 0.279 e. The van der Waals surface area contributed by atoms with E-state index < -0.39 is 0 Å². The molecule has 3 aromatic rings. The Morgan fingerprint density at radius 2 is 2.04 bits per heavy atom. The molecule has 4 nitrogen and oxygen atoms in total. The van der Waals surface area contributed by atoms with Gasteiger partial charge in [0, 0.05) is 12.1 Å². The van der Waals surface area contributed by atoms with Crippen LogP contribution in [0.4, 0.5) is 0 Å². The molecule has 0 aliphatic heterocycles. The Bertz CT molecular complexity index is 953. The molecule has 1 aromatic heterocycles. The van der Waals surface area contributed by atoms with Gasteiger partial charge in [-0.25, -0.2) is 0 Å². The van der Waals surface area contributed by atoms with Gasteiger partial charge in [0.2, 0.25) is 0 Å². The summed E-state index contributed by atoms with van der Waals surface area (Å²) < 4.78 is 8.47. The molecule has 0 bridgehead atoms. The van der Waals surface area contributed by atoms with Crippen molar-refractivity contribution in [2.45, 2.75) is 26.8 Å². The molecule has 2 aromatic carbocycles. The topological polar surface area (TPSA) is 43.6 Å². The van der Waals surface area contributed by atoms with Gasteiger partial charge in [-0.05, 0) is 43.2 Å². The van der Waals surface area contributed by atoms with Crippen LogP contribution in [-0.2, 0) is 6.54 Å². The molecular formula is C19H20N2O2S. The fraction of sp³-hybridized carbons (Fsp3) is 0.263. The van der Waals surface area contributed by atoms with E-state index in [0.717, 1.165) is 39.3 Å². The highest BCUT2D eigenvalue weighted by Gasteiger charge is 2.11. The molecule has 0 saturated heterocycles. The predicted molar refractivity (Wildman–Crippen MR) is 97.7 cm³/mol. The zero-order chi connectivity index (χ0) is 17.1. The highest BCUT2D eigenvalue weighted by atomic mass is 32.1. The molecule has 0 unspecified atom stereocenters. The number of carbonyl (C=O) groups excluding carboxylic acids is 1. The normalized spacial score (nSPS) is 11.9. The van der Waals surface area contributed by atoms with Crippen LogP contribution in [0, 0.1) is 6.92 Å². The highest BCUT2D eigenvalue weighted by Crippen LogP contribution is 2.23. The molecule has 0 fully saturated rings. The Labute approximate surface area is 145 Å². The van der Waals surface area contributed by atoms with Gasteiger partial charge in [0.15, 0.2) is 4.80 Å². The Hall–Kier alpha value is -2.40. The molecule has 0 aliphatic carbocycles. The number of fused-ring (bicyclic) bond motifs is 1. The Kier molecular flexibility index (Phi) is 4.81. The van der Waals surface area contributed by atoms with Crippen molar-refractivity contribution >= 4 is 27.5 Å². The number of thiazole rings is 1. The van der Waals surface area contributed by atoms with Crippen LogP contribution in [0.2, 0.25) is 0 Å². The number of carbonyl (C=O) groups is 1. The summed E-state index contributed by atoms with van der Waals surface area (Å²) in [5.74, 6) is 0.612. The van der Waals surface area contributed by atoms with Gasteiger partial charge in [0.25, 0.3) is 5.91 Å². The summed E-state index contributed by atoms with van der Waals surface area (Å²) in [6.45, 7) is 4.87. The van der Waals surface area contributed by atoms with Crippen molar-refractivity contribution in [1.82, 2.24) is 4.57 Å². The van der Waals surface area contributed by atoms with E-state index in [1.165, 1.54) is 11.3 Å². The quantitative estimate of drug-likeness (QED) is 0.715. The standard InChI is InChI=1S/C19H20N2O2S/c1-4-11-21-16-10-9-14(23-3)12-17(16)24-19(21)20-18(22)15-8-6-5-7-13(15)2/h5-10,12H,4,11H2,1-3H3. The first kappa shape index (κ1) is 16.5. The van der Waals surface area contributed by atoms with Gasteiger partial charge in [-0.2, -0.15) is 4.99 Å². The smallest absolute Gasteiger partial charge is 0.279 e. The maximum absolute atomic E-state index is 12.6. The molecule has 124 valence electrons. The lowest BCUT2D eigenvalue weighted by molar-refractivity contribution is 0.0997. The van der Waals surface area contributed by atoms with Crippen LogP contribution < -0.4 is 9.54 Å². The van der Waals surface area contributed by atoms with Crippen LogP contribution >= 0.6 is 11.3 Å². The molecule has 0 saturated carbocycles. The zero-order valence-electron chi connectivity index (χ0n) is 14.1. The summed E-state index contributed by atoms with van der Waals surface area (Å²) in [7, 11) is 1.65. The van der Waals surface area contributed by atoms with E-state index in [-0.39, 0.29) is 5.91 Å². The van der Waals surface area contributed by atoms with Crippen LogP contribution in [0.15, 0.2) is 47.5 Å². The molecule has 0 spiro atoms. The molecule has 1 amide bonds. The largest absolute Gasteiger partial charge is 0.497 e. The minimum absolute atomic E-state index is 0.198. The summed E-state index contributed by atoms with van der Waals surface area (Å²) in [4.78, 5) is 17.7. The SMILES string of the molecule is CCCn1c(=NC(=O)c2ccccc2C)sc2cc(OC)ccc21. The molecule has 0 N–H and O–H groups in total. The fourth-order valence-corrected chi connectivity index (χ4v) is 3.75. The second-order valence-electron chi connectivity index (χ2n) is 5.60. The summed E-state index contributed by atoms with van der Waals surface area (Å²) in [5, 5.41) is 0. The average molecular weight is 340 g/mol. The second-order valence-corrected chi connectivity index (χ2v) is 6.61. The van der Waals surface area contributed by atoms with E-state index in [4.69, 9.17) is 4.74 Å². The van der Waals surface area contributed by atoms with Crippen molar-refractivity contribution in [2.24, 2.45) is 4.99 Å². The monoisotopic (exact) mass is 340 g/mol. The summed E-state index contributed by atoms with van der Waals surface area (Å²) in [5.41, 5.74) is 2.67. The maximum atomic E-state index is 12.6. The van der Waals surface area contributed by atoms with Gasteiger partial charge >= 0.3 is 0 Å². The van der Waals surface area contributed by atoms with Crippen LogP contribution in [0.1, 0.15) is 29.3 Å². The lowest BCUT2D eigenvalue weighted by Crippen LogP contribution is -2.17. The molecule has 0 radical (unpaired) electrons. The highest BCUT2D eigenvalue weighted by molar-refractivity contribution is 7.16. The molecule has 5 heteroatoms. The third-order valence-corrected chi connectivity index (χ3v) is 4.95. The van der Waals surface area contributed by atoms with Gasteiger partial charge in [0.1, 0.15) is 5.75 Å². The van der Waals surface area contributed by atoms with Crippen LogP contribution in [0.25, 0.3) is 10.2 Å². The third-order valence-electron chi connectivity index (χ3n) is 3.91. The number of aromatic nitrogens is 1. The molecule has 0 atom stereocenters. The van der Waals surface area contributed by atoms with Crippen molar-refractivity contribution in [3.63, 3.8) is 0 Å². The van der Waals surface area contributed by atoms with Gasteiger partial charge in [-0.1, -0.05) is 36.5 Å². The minimum atomic E-state index is -0.198. The van der Waals surface area contributed by atoms with Gasteiger partial charge in [-0.3, -0.25) is 4.79 Å². The third kappa shape index (κ3) is 3.12. The number of hydrogen-bond donors (Lipinski definition) is 0. The number of rotatable bonds is 4. The Balaban J connectivity index is 2.15. The Morgan fingerprint density at radius 3 is 2.75 bits per heavy atom. The van der Waals surface area contributed by atoms with Crippen LogP contribution in [0.5, 0.6) is 5.75 Å². The van der Waals surface area contributed by atoms with E-state index >= 15 is 0 Å². The van der Waals surface area contributed by atoms with Crippen LogP contribution in [-0.4, -0.2) is 17.6 Å².